The van der Waals surface area contributed by atoms with Crippen molar-refractivity contribution in [2.75, 3.05) is 0 Å². The normalized spacial score (nSPS) is 23.0. The van der Waals surface area contributed by atoms with Gasteiger partial charge in [0, 0.05) is 12.5 Å². The van der Waals surface area contributed by atoms with Crippen LogP contribution in [0.3, 0.4) is 0 Å². The lowest BCUT2D eigenvalue weighted by Gasteiger charge is -2.24. The lowest BCUT2D eigenvalue weighted by atomic mass is 9.89. The molecule has 0 amide bonds. The largest absolute Gasteiger partial charge is 0.303 e. The Kier molecular flexibility index (Phi) is 3.47. The number of hydrogen-bond donors (Lipinski definition) is 2. The van der Waals surface area contributed by atoms with Crippen LogP contribution in [-0.4, -0.2) is 15.2 Å². The Morgan fingerprint density at radius 2 is 1.81 bits per heavy atom. The standard InChI is InChI=1S/C17H22N4/c1-2-6-12(7-3-1)16-19-17(21-20-16)15-10-13-8-4-5-9-14(13)11-18-15/h4-5,8-9,12,15,18H,1-3,6-7,10-11H2,(H,19,20,21)/t15-/m1/s1. The van der Waals surface area contributed by atoms with E-state index in [-0.39, 0.29) is 6.04 Å². The molecule has 0 saturated heterocycles. The lowest BCUT2D eigenvalue weighted by molar-refractivity contribution is 0.428. The van der Waals surface area contributed by atoms with Crippen LogP contribution in [0, 0.1) is 0 Å². The average Bonchev–Trinajstić information content (AvgIpc) is 3.05. The van der Waals surface area contributed by atoms with Gasteiger partial charge in [-0.05, 0) is 30.4 Å². The highest BCUT2D eigenvalue weighted by Gasteiger charge is 2.24. The Morgan fingerprint density at radius 3 is 2.67 bits per heavy atom. The van der Waals surface area contributed by atoms with Gasteiger partial charge in [-0.15, -0.1) is 0 Å². The summed E-state index contributed by atoms with van der Waals surface area (Å²) in [6, 6.07) is 8.92. The van der Waals surface area contributed by atoms with E-state index < -0.39 is 0 Å². The van der Waals surface area contributed by atoms with E-state index in [4.69, 9.17) is 4.98 Å². The summed E-state index contributed by atoms with van der Waals surface area (Å²) in [7, 11) is 0. The van der Waals surface area contributed by atoms with Gasteiger partial charge in [0.25, 0.3) is 0 Å². The van der Waals surface area contributed by atoms with Crippen molar-refractivity contribution < 1.29 is 0 Å². The third kappa shape index (κ3) is 2.60. The number of benzene rings is 1. The van der Waals surface area contributed by atoms with Gasteiger partial charge < -0.3 is 5.32 Å². The number of hydrogen-bond acceptors (Lipinski definition) is 3. The van der Waals surface area contributed by atoms with Gasteiger partial charge in [0.15, 0.2) is 5.82 Å². The molecule has 4 nitrogen and oxygen atoms in total. The molecule has 0 unspecified atom stereocenters. The number of H-pyrrole nitrogens is 1. The summed E-state index contributed by atoms with van der Waals surface area (Å²) in [6.45, 7) is 0.917. The van der Waals surface area contributed by atoms with Crippen LogP contribution >= 0.6 is 0 Å². The molecule has 0 radical (unpaired) electrons. The van der Waals surface area contributed by atoms with Crippen molar-refractivity contribution in [2.24, 2.45) is 0 Å². The zero-order chi connectivity index (χ0) is 14.1. The van der Waals surface area contributed by atoms with Crippen molar-refractivity contribution in [3.63, 3.8) is 0 Å². The Hall–Kier alpha value is -1.68. The molecule has 1 aliphatic heterocycles. The highest BCUT2D eigenvalue weighted by molar-refractivity contribution is 5.30. The Labute approximate surface area is 125 Å². The minimum absolute atomic E-state index is 0.268. The summed E-state index contributed by atoms with van der Waals surface area (Å²) in [6.07, 6.45) is 7.51. The van der Waals surface area contributed by atoms with Crippen molar-refractivity contribution in [1.29, 1.82) is 0 Å². The molecule has 2 aliphatic rings. The summed E-state index contributed by atoms with van der Waals surface area (Å²) in [5.41, 5.74) is 2.83. The number of aromatic nitrogens is 3. The van der Waals surface area contributed by atoms with Crippen LogP contribution in [0.15, 0.2) is 24.3 Å². The number of rotatable bonds is 2. The van der Waals surface area contributed by atoms with E-state index >= 15 is 0 Å². The van der Waals surface area contributed by atoms with E-state index in [1.165, 1.54) is 43.2 Å². The summed E-state index contributed by atoms with van der Waals surface area (Å²) >= 11 is 0. The monoisotopic (exact) mass is 282 g/mol. The fourth-order valence-electron chi connectivity index (χ4n) is 3.63. The molecule has 21 heavy (non-hydrogen) atoms. The highest BCUT2D eigenvalue weighted by atomic mass is 15.2. The molecule has 110 valence electrons. The summed E-state index contributed by atoms with van der Waals surface area (Å²) in [5.74, 6) is 2.61. The van der Waals surface area contributed by atoms with Crippen LogP contribution in [-0.2, 0) is 13.0 Å². The van der Waals surface area contributed by atoms with E-state index in [2.05, 4.69) is 39.8 Å². The molecule has 1 atom stereocenters. The van der Waals surface area contributed by atoms with Crippen molar-refractivity contribution in [3.05, 3.63) is 47.0 Å². The van der Waals surface area contributed by atoms with Gasteiger partial charge in [0.2, 0.25) is 0 Å². The molecule has 1 aromatic carbocycles. The first-order valence-electron chi connectivity index (χ1n) is 8.12. The molecule has 1 aliphatic carbocycles. The summed E-state index contributed by atoms with van der Waals surface area (Å²) in [4.78, 5) is 4.80. The minimum Gasteiger partial charge on any atom is -0.303 e. The SMILES string of the molecule is c1ccc2c(c1)CN[C@@H](c1nc(C3CCCCC3)n[nH]1)C2. The van der Waals surface area contributed by atoms with Crippen molar-refractivity contribution >= 4 is 0 Å². The van der Waals surface area contributed by atoms with Crippen LogP contribution in [0.5, 0.6) is 0 Å². The van der Waals surface area contributed by atoms with E-state index in [0.29, 0.717) is 5.92 Å². The Balaban J connectivity index is 1.51. The first-order valence-corrected chi connectivity index (χ1v) is 8.12. The maximum atomic E-state index is 4.80. The summed E-state index contributed by atoms with van der Waals surface area (Å²) in [5, 5.41) is 11.2. The van der Waals surface area contributed by atoms with E-state index in [9.17, 15) is 0 Å². The second-order valence-electron chi connectivity index (χ2n) is 6.32. The number of nitrogens with zero attached hydrogens (tertiary/aromatic N) is 2. The van der Waals surface area contributed by atoms with E-state index in [1.54, 1.807) is 0 Å². The minimum atomic E-state index is 0.268. The molecule has 1 saturated carbocycles. The summed E-state index contributed by atoms with van der Waals surface area (Å²) < 4.78 is 0. The number of aromatic amines is 1. The predicted octanol–water partition coefficient (Wildman–Crippen LogP) is 3.24. The number of nitrogens with one attached hydrogen (secondary N) is 2. The zero-order valence-corrected chi connectivity index (χ0v) is 12.3. The second-order valence-corrected chi connectivity index (χ2v) is 6.32. The van der Waals surface area contributed by atoms with Crippen LogP contribution in [0.25, 0.3) is 0 Å². The maximum absolute atomic E-state index is 4.80. The van der Waals surface area contributed by atoms with Crippen LogP contribution in [0.2, 0.25) is 0 Å². The molecule has 4 heteroatoms. The highest BCUT2D eigenvalue weighted by Crippen LogP contribution is 2.31. The molecule has 1 aromatic heterocycles. The third-order valence-electron chi connectivity index (χ3n) is 4.90. The first kappa shape index (κ1) is 13.0. The van der Waals surface area contributed by atoms with Gasteiger partial charge in [-0.2, -0.15) is 5.10 Å². The van der Waals surface area contributed by atoms with Crippen LogP contribution in [0.1, 0.15) is 66.8 Å². The van der Waals surface area contributed by atoms with Gasteiger partial charge in [-0.3, -0.25) is 5.10 Å². The van der Waals surface area contributed by atoms with Crippen molar-refractivity contribution in [1.82, 2.24) is 20.5 Å². The van der Waals surface area contributed by atoms with Crippen molar-refractivity contribution in [2.45, 2.75) is 57.0 Å². The number of fused-ring (bicyclic) bond motifs is 1. The van der Waals surface area contributed by atoms with Crippen LogP contribution in [0.4, 0.5) is 0 Å². The fourth-order valence-corrected chi connectivity index (χ4v) is 3.63. The van der Waals surface area contributed by atoms with Gasteiger partial charge >= 0.3 is 0 Å². The molecule has 2 heterocycles. The smallest absolute Gasteiger partial charge is 0.153 e. The van der Waals surface area contributed by atoms with Gasteiger partial charge in [-0.25, -0.2) is 4.98 Å². The van der Waals surface area contributed by atoms with Crippen LogP contribution < -0.4 is 5.32 Å². The predicted molar refractivity (Wildman–Crippen MR) is 81.9 cm³/mol. The molecule has 2 N–H and O–H groups in total. The molecule has 0 bridgehead atoms. The third-order valence-corrected chi connectivity index (χ3v) is 4.90. The topological polar surface area (TPSA) is 53.6 Å². The quantitative estimate of drug-likeness (QED) is 0.889. The first-order chi connectivity index (χ1) is 10.4. The Morgan fingerprint density at radius 1 is 1.00 bits per heavy atom. The van der Waals surface area contributed by atoms with Gasteiger partial charge in [-0.1, -0.05) is 43.5 Å². The van der Waals surface area contributed by atoms with E-state index in [1.807, 2.05) is 0 Å². The van der Waals surface area contributed by atoms with E-state index in [0.717, 1.165) is 24.6 Å². The van der Waals surface area contributed by atoms with Gasteiger partial charge in [0.1, 0.15) is 5.82 Å². The molecular formula is C17H22N4. The second kappa shape index (κ2) is 5.60. The maximum Gasteiger partial charge on any atom is 0.153 e. The molecule has 0 spiro atoms. The fraction of sp³-hybridized carbons (Fsp3) is 0.529. The van der Waals surface area contributed by atoms with Crippen molar-refractivity contribution in [3.8, 4) is 0 Å². The molecular weight excluding hydrogens is 260 g/mol. The molecule has 1 fully saturated rings. The average molecular weight is 282 g/mol. The lowest BCUT2D eigenvalue weighted by Crippen LogP contribution is -2.29. The molecule has 4 rings (SSSR count). The zero-order valence-electron chi connectivity index (χ0n) is 12.3. The Bertz CT molecular complexity index is 613. The molecule has 2 aromatic rings. The van der Waals surface area contributed by atoms with Gasteiger partial charge in [0.05, 0.1) is 6.04 Å².